The minimum Gasteiger partial charge on any atom is -0.355 e. The normalized spacial score (nSPS) is 12.4. The van der Waals surface area contributed by atoms with Gasteiger partial charge in [-0.2, -0.15) is 5.10 Å². The van der Waals surface area contributed by atoms with Crippen LogP contribution < -0.4 is 5.32 Å². The monoisotopic (exact) mass is 366 g/mol. The SMILES string of the molecule is CN=C(NCC(C)(C)c1ccc(F)cc1Cl)N(C)Cc1ncnn1C. The van der Waals surface area contributed by atoms with Crippen LogP contribution in [0.3, 0.4) is 0 Å². The third-order valence-corrected chi connectivity index (χ3v) is 4.42. The van der Waals surface area contributed by atoms with E-state index in [2.05, 4.69) is 34.2 Å². The number of aliphatic imine (C=N–C) groups is 1. The van der Waals surface area contributed by atoms with Gasteiger partial charge >= 0.3 is 0 Å². The highest BCUT2D eigenvalue weighted by Crippen LogP contribution is 2.29. The quantitative estimate of drug-likeness (QED) is 0.652. The summed E-state index contributed by atoms with van der Waals surface area (Å²) >= 11 is 6.21. The molecule has 0 bridgehead atoms. The molecule has 136 valence electrons. The number of aromatic nitrogens is 3. The van der Waals surface area contributed by atoms with Gasteiger partial charge in [0.25, 0.3) is 0 Å². The molecule has 1 aromatic heterocycles. The predicted octanol–water partition coefficient (Wildman–Crippen LogP) is 2.59. The van der Waals surface area contributed by atoms with Gasteiger partial charge in [0.1, 0.15) is 18.0 Å². The summed E-state index contributed by atoms with van der Waals surface area (Å²) in [6, 6.07) is 4.50. The summed E-state index contributed by atoms with van der Waals surface area (Å²) in [5.41, 5.74) is 0.585. The summed E-state index contributed by atoms with van der Waals surface area (Å²) < 4.78 is 15.0. The van der Waals surface area contributed by atoms with Crippen LogP contribution in [-0.2, 0) is 19.0 Å². The average Bonchev–Trinajstić information content (AvgIpc) is 2.92. The van der Waals surface area contributed by atoms with Crippen LogP contribution in [0.1, 0.15) is 25.2 Å². The van der Waals surface area contributed by atoms with Gasteiger partial charge in [-0.3, -0.25) is 9.67 Å². The van der Waals surface area contributed by atoms with Crippen LogP contribution in [0.15, 0.2) is 29.5 Å². The number of guanidine groups is 1. The Morgan fingerprint density at radius 2 is 2.16 bits per heavy atom. The molecule has 0 unspecified atom stereocenters. The molecule has 0 atom stereocenters. The molecule has 0 amide bonds. The van der Waals surface area contributed by atoms with Crippen molar-refractivity contribution in [2.75, 3.05) is 20.6 Å². The van der Waals surface area contributed by atoms with Crippen LogP contribution in [0.5, 0.6) is 0 Å². The van der Waals surface area contributed by atoms with Crippen LogP contribution in [0.25, 0.3) is 0 Å². The molecule has 2 aromatic rings. The van der Waals surface area contributed by atoms with E-state index in [-0.39, 0.29) is 11.2 Å². The molecule has 2 rings (SSSR count). The van der Waals surface area contributed by atoms with E-state index >= 15 is 0 Å². The highest BCUT2D eigenvalue weighted by Gasteiger charge is 2.24. The number of hydrogen-bond acceptors (Lipinski definition) is 3. The summed E-state index contributed by atoms with van der Waals surface area (Å²) in [4.78, 5) is 10.5. The highest BCUT2D eigenvalue weighted by molar-refractivity contribution is 6.31. The molecular formula is C17H24ClFN6. The van der Waals surface area contributed by atoms with Crippen LogP contribution in [0.2, 0.25) is 5.02 Å². The van der Waals surface area contributed by atoms with E-state index in [0.29, 0.717) is 18.1 Å². The molecule has 0 saturated carbocycles. The largest absolute Gasteiger partial charge is 0.355 e. The zero-order chi connectivity index (χ0) is 18.6. The molecule has 8 heteroatoms. The molecule has 0 saturated heterocycles. The van der Waals surface area contributed by atoms with Crippen molar-refractivity contribution in [2.24, 2.45) is 12.0 Å². The smallest absolute Gasteiger partial charge is 0.193 e. The van der Waals surface area contributed by atoms with E-state index in [1.165, 1.54) is 18.5 Å². The molecule has 6 nitrogen and oxygen atoms in total. The Morgan fingerprint density at radius 1 is 1.44 bits per heavy atom. The van der Waals surface area contributed by atoms with Gasteiger partial charge in [0, 0.05) is 38.1 Å². The molecule has 25 heavy (non-hydrogen) atoms. The molecular weight excluding hydrogens is 343 g/mol. The van der Waals surface area contributed by atoms with Crippen molar-refractivity contribution in [1.82, 2.24) is 25.0 Å². The maximum atomic E-state index is 13.3. The van der Waals surface area contributed by atoms with E-state index < -0.39 is 0 Å². The fraction of sp³-hybridized carbons (Fsp3) is 0.471. The van der Waals surface area contributed by atoms with Gasteiger partial charge in [-0.25, -0.2) is 9.37 Å². The first-order valence-electron chi connectivity index (χ1n) is 7.95. The second-order valence-corrected chi connectivity index (χ2v) is 6.97. The Bertz CT molecular complexity index is 755. The van der Waals surface area contributed by atoms with E-state index in [4.69, 9.17) is 11.6 Å². The van der Waals surface area contributed by atoms with Crippen molar-refractivity contribution in [1.29, 1.82) is 0 Å². The van der Waals surface area contributed by atoms with Gasteiger partial charge < -0.3 is 10.2 Å². The lowest BCUT2D eigenvalue weighted by atomic mass is 9.84. The molecule has 1 N–H and O–H groups in total. The summed E-state index contributed by atoms with van der Waals surface area (Å²) in [5, 5.41) is 7.84. The highest BCUT2D eigenvalue weighted by atomic mass is 35.5. The van der Waals surface area contributed by atoms with E-state index in [0.717, 1.165) is 17.3 Å². The lowest BCUT2D eigenvalue weighted by Crippen LogP contribution is -2.44. The van der Waals surface area contributed by atoms with E-state index in [1.807, 2.05) is 19.0 Å². The topological polar surface area (TPSA) is 58.3 Å². The number of nitrogens with zero attached hydrogens (tertiary/aromatic N) is 5. The van der Waals surface area contributed by atoms with Crippen LogP contribution in [0, 0.1) is 5.82 Å². The number of halogens is 2. The summed E-state index contributed by atoms with van der Waals surface area (Å²) in [6.45, 7) is 5.27. The maximum absolute atomic E-state index is 13.3. The Labute approximate surface area is 152 Å². The lowest BCUT2D eigenvalue weighted by Gasteiger charge is -2.29. The molecule has 0 aliphatic carbocycles. The summed E-state index contributed by atoms with van der Waals surface area (Å²) in [6.07, 6.45) is 1.53. The van der Waals surface area contributed by atoms with E-state index in [1.54, 1.807) is 17.8 Å². The van der Waals surface area contributed by atoms with Crippen molar-refractivity contribution in [3.63, 3.8) is 0 Å². The van der Waals surface area contributed by atoms with Gasteiger partial charge in [0.15, 0.2) is 5.96 Å². The van der Waals surface area contributed by atoms with Crippen LogP contribution in [0.4, 0.5) is 4.39 Å². The second-order valence-electron chi connectivity index (χ2n) is 6.56. The van der Waals surface area contributed by atoms with Crippen molar-refractivity contribution in [3.05, 3.63) is 46.8 Å². The van der Waals surface area contributed by atoms with Gasteiger partial charge in [-0.05, 0) is 17.7 Å². The Balaban J connectivity index is 2.05. The number of aryl methyl sites for hydroxylation is 1. The standard InChI is InChI=1S/C17H24ClFN6/c1-17(2,13-7-6-12(19)8-14(13)18)10-21-16(20-3)24(4)9-15-22-11-23-25(15)5/h6-8,11H,9-10H2,1-5H3,(H,20,21). The minimum absolute atomic E-state index is 0.299. The predicted molar refractivity (Wildman–Crippen MR) is 98.3 cm³/mol. The molecule has 0 aliphatic rings. The molecule has 1 aromatic carbocycles. The second kappa shape index (κ2) is 7.82. The molecule has 1 heterocycles. The van der Waals surface area contributed by atoms with E-state index in [9.17, 15) is 4.39 Å². The first kappa shape index (κ1) is 19.2. The van der Waals surface area contributed by atoms with Gasteiger partial charge in [-0.15, -0.1) is 0 Å². The zero-order valence-corrected chi connectivity index (χ0v) is 16.0. The first-order chi connectivity index (χ1) is 11.7. The third-order valence-electron chi connectivity index (χ3n) is 4.11. The molecule has 0 fully saturated rings. The number of rotatable bonds is 5. The molecule has 0 spiro atoms. The maximum Gasteiger partial charge on any atom is 0.193 e. The van der Waals surface area contributed by atoms with Crippen molar-refractivity contribution >= 4 is 17.6 Å². The number of benzene rings is 1. The van der Waals surface area contributed by atoms with Crippen molar-refractivity contribution in [3.8, 4) is 0 Å². The fourth-order valence-electron chi connectivity index (χ4n) is 2.57. The van der Waals surface area contributed by atoms with Crippen LogP contribution >= 0.6 is 11.6 Å². The summed E-state index contributed by atoms with van der Waals surface area (Å²) in [7, 11) is 5.52. The third kappa shape index (κ3) is 4.69. The summed E-state index contributed by atoms with van der Waals surface area (Å²) in [5.74, 6) is 1.23. The minimum atomic E-state index is -0.336. The average molecular weight is 367 g/mol. The zero-order valence-electron chi connectivity index (χ0n) is 15.2. The van der Waals surface area contributed by atoms with Gasteiger partial charge in [-0.1, -0.05) is 31.5 Å². The number of hydrogen-bond donors (Lipinski definition) is 1. The Kier molecular flexibility index (Phi) is 6.00. The first-order valence-corrected chi connectivity index (χ1v) is 8.32. The Hall–Kier alpha value is -2.15. The van der Waals surface area contributed by atoms with Crippen LogP contribution in [-0.4, -0.2) is 46.3 Å². The number of nitrogens with one attached hydrogen (secondary N) is 1. The van der Waals surface area contributed by atoms with Crippen molar-refractivity contribution < 1.29 is 4.39 Å². The fourth-order valence-corrected chi connectivity index (χ4v) is 2.99. The molecule has 0 aliphatic heterocycles. The van der Waals surface area contributed by atoms with Crippen molar-refractivity contribution in [2.45, 2.75) is 25.8 Å². The lowest BCUT2D eigenvalue weighted by molar-refractivity contribution is 0.431. The van der Waals surface area contributed by atoms with Gasteiger partial charge in [0.05, 0.1) is 6.54 Å². The molecule has 0 radical (unpaired) electrons. The van der Waals surface area contributed by atoms with Gasteiger partial charge in [0.2, 0.25) is 0 Å². The Morgan fingerprint density at radius 3 is 2.72 bits per heavy atom.